The maximum absolute atomic E-state index is 9.84. The predicted molar refractivity (Wildman–Crippen MR) is 69.1 cm³/mol. The zero-order chi connectivity index (χ0) is 13.1. The highest BCUT2D eigenvalue weighted by Crippen LogP contribution is 2.39. The molecule has 0 aliphatic rings. The van der Waals surface area contributed by atoms with Crippen LogP contribution in [0.15, 0.2) is 30.3 Å². The predicted octanol–water partition coefficient (Wildman–Crippen LogP) is 1.88. The van der Waals surface area contributed by atoms with E-state index in [-0.39, 0.29) is 6.61 Å². The molecule has 0 bridgehead atoms. The lowest BCUT2D eigenvalue weighted by molar-refractivity contribution is 0.0933. The van der Waals surface area contributed by atoms with Gasteiger partial charge in [-0.15, -0.1) is 0 Å². The highest BCUT2D eigenvalue weighted by atomic mass is 16.5. The smallest absolute Gasteiger partial charge is 0.132 e. The van der Waals surface area contributed by atoms with Crippen molar-refractivity contribution in [1.82, 2.24) is 0 Å². The van der Waals surface area contributed by atoms with E-state index >= 15 is 0 Å². The van der Waals surface area contributed by atoms with Gasteiger partial charge < -0.3 is 19.7 Å². The van der Waals surface area contributed by atoms with Gasteiger partial charge in [0.2, 0.25) is 0 Å². The fourth-order valence-corrected chi connectivity index (χ4v) is 2.08. The minimum absolute atomic E-state index is 0.363. The van der Waals surface area contributed by atoms with Crippen LogP contribution in [-0.2, 0) is 0 Å². The van der Waals surface area contributed by atoms with Gasteiger partial charge in [-0.05, 0) is 6.07 Å². The summed E-state index contributed by atoms with van der Waals surface area (Å²) in [6.07, 6.45) is -0.988. The van der Waals surface area contributed by atoms with Crippen LogP contribution < -0.4 is 9.47 Å². The zero-order valence-corrected chi connectivity index (χ0v) is 10.4. The second-order valence-electron chi connectivity index (χ2n) is 3.95. The summed E-state index contributed by atoms with van der Waals surface area (Å²) in [4.78, 5) is 0. The summed E-state index contributed by atoms with van der Waals surface area (Å²) in [6.45, 7) is -0.363. The van der Waals surface area contributed by atoms with Crippen LogP contribution in [0.3, 0.4) is 0 Å². The van der Waals surface area contributed by atoms with Crippen LogP contribution in [0, 0.1) is 0 Å². The first-order valence-electron chi connectivity index (χ1n) is 5.65. The molecule has 1 atom stereocenters. The van der Waals surface area contributed by atoms with E-state index in [1.807, 2.05) is 24.3 Å². The summed E-state index contributed by atoms with van der Waals surface area (Å²) in [5.74, 6) is 1.21. The van der Waals surface area contributed by atoms with Gasteiger partial charge in [0.25, 0.3) is 0 Å². The van der Waals surface area contributed by atoms with Gasteiger partial charge in [0, 0.05) is 16.3 Å². The molecule has 0 aromatic heterocycles. The normalized spacial score (nSPS) is 12.4. The van der Waals surface area contributed by atoms with Crippen molar-refractivity contribution in [2.45, 2.75) is 6.10 Å². The van der Waals surface area contributed by atoms with Crippen molar-refractivity contribution < 1.29 is 19.7 Å². The summed E-state index contributed by atoms with van der Waals surface area (Å²) in [6, 6.07) is 9.31. The SMILES string of the molecule is COc1cc([C@H](O)CO)c(OC)c2ccccc12. The largest absolute Gasteiger partial charge is 0.496 e. The first-order chi connectivity index (χ1) is 8.72. The third-order valence-electron chi connectivity index (χ3n) is 2.94. The molecule has 2 rings (SSSR count). The van der Waals surface area contributed by atoms with E-state index in [1.54, 1.807) is 20.3 Å². The molecule has 4 heteroatoms. The van der Waals surface area contributed by atoms with Crippen LogP contribution in [0.2, 0.25) is 0 Å². The molecule has 0 aliphatic heterocycles. The highest BCUT2D eigenvalue weighted by Gasteiger charge is 2.18. The van der Waals surface area contributed by atoms with Gasteiger partial charge in [0.1, 0.15) is 17.6 Å². The van der Waals surface area contributed by atoms with Crippen molar-refractivity contribution in [3.8, 4) is 11.5 Å². The Morgan fingerprint density at radius 1 is 1.11 bits per heavy atom. The summed E-state index contributed by atoms with van der Waals surface area (Å²) >= 11 is 0. The van der Waals surface area contributed by atoms with Crippen molar-refractivity contribution in [3.05, 3.63) is 35.9 Å². The van der Waals surface area contributed by atoms with E-state index in [0.29, 0.717) is 17.1 Å². The maximum Gasteiger partial charge on any atom is 0.132 e. The number of benzene rings is 2. The molecule has 2 aromatic carbocycles. The van der Waals surface area contributed by atoms with E-state index in [2.05, 4.69) is 0 Å². The first-order valence-corrected chi connectivity index (χ1v) is 5.65. The quantitative estimate of drug-likeness (QED) is 0.867. The Labute approximate surface area is 105 Å². The molecule has 96 valence electrons. The molecule has 0 aliphatic carbocycles. The van der Waals surface area contributed by atoms with Crippen LogP contribution >= 0.6 is 0 Å². The highest BCUT2D eigenvalue weighted by molar-refractivity contribution is 5.94. The molecule has 0 amide bonds. The number of methoxy groups -OCH3 is 2. The molecule has 18 heavy (non-hydrogen) atoms. The standard InChI is InChI=1S/C14H16O4/c1-17-13-7-11(12(16)8-15)14(18-2)10-6-4-3-5-9(10)13/h3-7,12,15-16H,8H2,1-2H3/t12-/m1/s1. The topological polar surface area (TPSA) is 58.9 Å². The molecule has 2 aromatic rings. The molecule has 0 saturated carbocycles. The van der Waals surface area contributed by atoms with E-state index in [9.17, 15) is 5.11 Å². The number of aliphatic hydroxyl groups excluding tert-OH is 2. The van der Waals surface area contributed by atoms with Gasteiger partial charge in [-0.25, -0.2) is 0 Å². The molecule has 2 N–H and O–H groups in total. The molecule has 0 fully saturated rings. The maximum atomic E-state index is 9.84. The lowest BCUT2D eigenvalue weighted by Gasteiger charge is -2.17. The molecule has 0 radical (unpaired) electrons. The average Bonchev–Trinajstić information content (AvgIpc) is 2.44. The number of hydrogen-bond acceptors (Lipinski definition) is 4. The van der Waals surface area contributed by atoms with Crippen LogP contribution in [0.1, 0.15) is 11.7 Å². The van der Waals surface area contributed by atoms with Gasteiger partial charge in [-0.2, -0.15) is 0 Å². The summed E-state index contributed by atoms with van der Waals surface area (Å²) in [7, 11) is 3.12. The van der Waals surface area contributed by atoms with Crippen LogP contribution in [0.4, 0.5) is 0 Å². The van der Waals surface area contributed by atoms with Crippen LogP contribution in [0.5, 0.6) is 11.5 Å². The molecule has 0 unspecified atom stereocenters. The zero-order valence-electron chi connectivity index (χ0n) is 10.4. The van der Waals surface area contributed by atoms with E-state index < -0.39 is 6.10 Å². The minimum Gasteiger partial charge on any atom is -0.496 e. The lowest BCUT2D eigenvalue weighted by Crippen LogP contribution is -2.06. The third-order valence-corrected chi connectivity index (χ3v) is 2.94. The minimum atomic E-state index is -0.988. The van der Waals surface area contributed by atoms with Crippen molar-refractivity contribution in [1.29, 1.82) is 0 Å². The van der Waals surface area contributed by atoms with Gasteiger partial charge in [0.15, 0.2) is 0 Å². The van der Waals surface area contributed by atoms with E-state index in [4.69, 9.17) is 14.6 Å². The molecular weight excluding hydrogens is 232 g/mol. The summed E-state index contributed by atoms with van der Waals surface area (Å²) < 4.78 is 10.7. The van der Waals surface area contributed by atoms with Gasteiger partial charge in [0.05, 0.1) is 20.8 Å². The van der Waals surface area contributed by atoms with Crippen molar-refractivity contribution >= 4 is 10.8 Å². The molecule has 0 saturated heterocycles. The molecule has 0 heterocycles. The van der Waals surface area contributed by atoms with Crippen molar-refractivity contribution in [3.63, 3.8) is 0 Å². The Hall–Kier alpha value is -1.78. The second-order valence-corrected chi connectivity index (χ2v) is 3.95. The fraction of sp³-hybridized carbons (Fsp3) is 0.286. The third kappa shape index (κ3) is 2.00. The second kappa shape index (κ2) is 5.25. The molecular formula is C14H16O4. The number of ether oxygens (including phenoxy) is 2. The lowest BCUT2D eigenvalue weighted by atomic mass is 10.0. The Morgan fingerprint density at radius 3 is 2.33 bits per heavy atom. The summed E-state index contributed by atoms with van der Waals surface area (Å²) in [5.41, 5.74) is 0.524. The Morgan fingerprint density at radius 2 is 1.78 bits per heavy atom. The van der Waals surface area contributed by atoms with Gasteiger partial charge >= 0.3 is 0 Å². The van der Waals surface area contributed by atoms with Crippen LogP contribution in [0.25, 0.3) is 10.8 Å². The van der Waals surface area contributed by atoms with E-state index in [0.717, 1.165) is 10.8 Å². The van der Waals surface area contributed by atoms with Gasteiger partial charge in [-0.3, -0.25) is 0 Å². The Balaban J connectivity index is 2.78. The number of aliphatic hydroxyl groups is 2. The van der Waals surface area contributed by atoms with E-state index in [1.165, 1.54) is 0 Å². The fourth-order valence-electron chi connectivity index (χ4n) is 2.08. The Bertz CT molecular complexity index is 551. The summed E-state index contributed by atoms with van der Waals surface area (Å²) in [5, 5.41) is 20.7. The molecule has 0 spiro atoms. The average molecular weight is 248 g/mol. The van der Waals surface area contributed by atoms with Crippen molar-refractivity contribution in [2.75, 3.05) is 20.8 Å². The molecule has 4 nitrogen and oxygen atoms in total. The van der Waals surface area contributed by atoms with Gasteiger partial charge in [-0.1, -0.05) is 24.3 Å². The van der Waals surface area contributed by atoms with Crippen LogP contribution in [-0.4, -0.2) is 31.0 Å². The number of rotatable bonds is 4. The Kier molecular flexibility index (Phi) is 3.69. The van der Waals surface area contributed by atoms with Crippen molar-refractivity contribution in [2.24, 2.45) is 0 Å². The first kappa shape index (κ1) is 12.7. The number of fused-ring (bicyclic) bond motifs is 1. The number of hydrogen-bond donors (Lipinski definition) is 2. The monoisotopic (exact) mass is 248 g/mol.